The molecule has 3 rings (SSSR count). The fourth-order valence-electron chi connectivity index (χ4n) is 2.54. The van der Waals surface area contributed by atoms with Crippen LogP contribution in [0.5, 0.6) is 0 Å². The van der Waals surface area contributed by atoms with Crippen LogP contribution in [0.2, 0.25) is 0 Å². The van der Waals surface area contributed by atoms with Crippen LogP contribution in [0.15, 0.2) is 42.7 Å². The van der Waals surface area contributed by atoms with Gasteiger partial charge in [-0.1, -0.05) is 18.2 Å². The summed E-state index contributed by atoms with van der Waals surface area (Å²) < 4.78 is 72.0. The van der Waals surface area contributed by atoms with Crippen LogP contribution in [0.4, 0.5) is 0 Å². The zero-order valence-corrected chi connectivity index (χ0v) is 17.9. The molecule has 0 fully saturated rings. The normalized spacial score (nSPS) is 11.2. The smallest absolute Gasteiger partial charge is 0.351 e. The first-order valence-corrected chi connectivity index (χ1v) is 10.5. The molecule has 0 aliphatic carbocycles. The topological polar surface area (TPSA) is 237 Å². The van der Waals surface area contributed by atoms with Gasteiger partial charge in [-0.2, -0.15) is 4.57 Å². The highest BCUT2D eigenvalue weighted by Gasteiger charge is 2.30. The molecular formula is C16H18Cl2N4O9. The molecule has 170 valence electrons. The number of rotatable bonds is 2. The molecule has 0 saturated heterocycles. The Bertz CT molecular complexity index is 994. The van der Waals surface area contributed by atoms with Crippen LogP contribution >= 0.6 is 0 Å². The second kappa shape index (κ2) is 10.7. The van der Waals surface area contributed by atoms with Crippen LogP contribution < -0.4 is 51.6 Å². The molecule has 31 heavy (non-hydrogen) atoms. The van der Waals surface area contributed by atoms with Crippen molar-refractivity contribution in [1.29, 1.82) is 0 Å². The molecule has 1 aromatic carbocycles. The van der Waals surface area contributed by atoms with Gasteiger partial charge in [0.25, 0.3) is 0 Å². The van der Waals surface area contributed by atoms with Gasteiger partial charge in [-0.3, -0.25) is 4.79 Å². The van der Waals surface area contributed by atoms with E-state index in [4.69, 9.17) is 37.3 Å². The summed E-state index contributed by atoms with van der Waals surface area (Å²) in [7, 11) is -6.30. The predicted molar refractivity (Wildman–Crippen MR) is 78.7 cm³/mol. The number of nitrogens with one attached hydrogen (secondary N) is 2. The van der Waals surface area contributed by atoms with E-state index in [9.17, 15) is 4.79 Å². The van der Waals surface area contributed by atoms with E-state index in [2.05, 4.69) is 28.5 Å². The van der Waals surface area contributed by atoms with Crippen molar-refractivity contribution in [3.05, 3.63) is 54.1 Å². The van der Waals surface area contributed by atoms with E-state index in [0.29, 0.717) is 5.69 Å². The highest BCUT2D eigenvalue weighted by Crippen LogP contribution is 2.16. The Morgan fingerprint density at radius 1 is 0.968 bits per heavy atom. The summed E-state index contributed by atoms with van der Waals surface area (Å²) in [5.41, 5.74) is 4.64. The number of hydrogen-bond donors (Lipinski definition) is 2. The molecule has 0 atom stereocenters. The maximum atomic E-state index is 12.0. The van der Waals surface area contributed by atoms with Crippen molar-refractivity contribution in [1.82, 2.24) is 10.3 Å². The van der Waals surface area contributed by atoms with Crippen molar-refractivity contribution >= 4 is 11.6 Å². The molecule has 0 spiro atoms. The quantitative estimate of drug-likeness (QED) is 0.330. The fourth-order valence-corrected chi connectivity index (χ4v) is 2.54. The number of aryl methyl sites for hydroxylation is 2. The van der Waals surface area contributed by atoms with Crippen molar-refractivity contribution in [3.63, 3.8) is 0 Å². The zero-order chi connectivity index (χ0) is 24.0. The minimum absolute atomic E-state index is 0.127. The largest absolute Gasteiger partial charge is 0.407 e. The van der Waals surface area contributed by atoms with Gasteiger partial charge in [0.05, 0.1) is 0 Å². The van der Waals surface area contributed by atoms with Crippen molar-refractivity contribution in [2.24, 2.45) is 7.05 Å². The standard InChI is InChI=1S/C16H16N4O.2ClHO4/c1-11-9-13(12-7-5-4-6-8-12)20-10-18-14(15(21)17-2)16(20)19(11)3;2*2-1(3,4)5/h4-10H,1-3H3;2*(H,2,3,4,5). The van der Waals surface area contributed by atoms with E-state index < -0.39 is 20.5 Å². The summed E-state index contributed by atoms with van der Waals surface area (Å²) in [6.07, 6.45) is 1.82. The van der Waals surface area contributed by atoms with Crippen LogP contribution in [-0.2, 0) is 7.05 Å². The molecule has 0 bridgehead atoms. The predicted octanol–water partition coefficient (Wildman–Crippen LogP) is -8.60. The number of carbonyl (C=O) groups excluding carboxylic acids is 1. The molecule has 2 N–H and O–H groups in total. The number of imidazole rings is 1. The molecule has 3 aromatic rings. The van der Waals surface area contributed by atoms with Gasteiger partial charge in [-0.05, 0) is 12.1 Å². The number of aromatic amines is 1. The number of halogens is 2. The molecule has 0 unspecified atom stereocenters. The summed E-state index contributed by atoms with van der Waals surface area (Å²) >= 11 is 0. The zero-order valence-electron chi connectivity index (χ0n) is 16.4. The van der Waals surface area contributed by atoms with E-state index >= 15 is 0 Å². The third-order valence-electron chi connectivity index (χ3n) is 3.77. The van der Waals surface area contributed by atoms with Crippen molar-refractivity contribution in [2.45, 2.75) is 6.92 Å². The van der Waals surface area contributed by atoms with Crippen LogP contribution in [0.3, 0.4) is 0 Å². The summed E-state index contributed by atoms with van der Waals surface area (Å²) in [6, 6.07) is 12.3. The molecular weight excluding hydrogens is 463 g/mol. The molecule has 2 aromatic heterocycles. The Kier molecular flexibility index (Phi) is 9.22. The first-order valence-electron chi connectivity index (χ1n) is 8.07. The number of aromatic nitrogens is 3. The summed E-state index contributed by atoms with van der Waals surface area (Å²) in [5.74, 6) is -0.127. The van der Waals surface area contributed by atoms with Crippen LogP contribution in [0.1, 0.15) is 16.2 Å². The number of benzene rings is 1. The highest BCUT2D eigenvalue weighted by atomic mass is 35.7. The SMILES string of the molecule is CNC(=O)c1[nH]c[n+]2c(-c3ccccc3)cc(C)[n+](C)c12.[O-][Cl+3]([O-])([O-])[O-].[O-][Cl+3]([O-])([O-])[O-]. The average Bonchev–Trinajstić information content (AvgIpc) is 3.07. The monoisotopic (exact) mass is 480 g/mol. The van der Waals surface area contributed by atoms with Crippen molar-refractivity contribution < 1.29 is 71.5 Å². The molecule has 0 radical (unpaired) electrons. The number of amides is 1. The number of carbonyl (C=O) groups is 1. The number of fused-ring (bicyclic) bond motifs is 1. The van der Waals surface area contributed by atoms with Gasteiger partial charge in [0.1, 0.15) is 12.7 Å². The Morgan fingerprint density at radius 3 is 1.90 bits per heavy atom. The number of H-pyrrole nitrogens is 1. The molecule has 15 heteroatoms. The molecule has 0 saturated carbocycles. The number of nitrogens with zero attached hydrogens (tertiary/aromatic N) is 2. The van der Waals surface area contributed by atoms with Crippen LogP contribution in [0, 0.1) is 27.4 Å². The molecule has 13 nitrogen and oxygen atoms in total. The van der Waals surface area contributed by atoms with E-state index in [1.165, 1.54) is 0 Å². The van der Waals surface area contributed by atoms with Crippen LogP contribution in [-0.4, -0.2) is 17.9 Å². The Balaban J connectivity index is 0.000000404. The average molecular weight is 481 g/mol. The molecule has 2 heterocycles. The first kappa shape index (κ1) is 26.6. The Morgan fingerprint density at radius 2 is 1.45 bits per heavy atom. The van der Waals surface area contributed by atoms with E-state index in [1.807, 2.05) is 47.5 Å². The van der Waals surface area contributed by atoms with Gasteiger partial charge in [0.15, 0.2) is 5.69 Å². The second-order valence-corrected chi connectivity index (χ2v) is 7.28. The van der Waals surface area contributed by atoms with Gasteiger partial charge in [0, 0.05) is 25.6 Å². The minimum Gasteiger partial charge on any atom is -0.351 e. The lowest BCUT2D eigenvalue weighted by atomic mass is 10.1. The number of hydrogen-bond acceptors (Lipinski definition) is 9. The van der Waals surface area contributed by atoms with Crippen molar-refractivity contribution in [3.8, 4) is 11.3 Å². The Labute approximate surface area is 180 Å². The molecule has 1 amide bonds. The van der Waals surface area contributed by atoms with Gasteiger partial charge in [0.2, 0.25) is 0 Å². The third-order valence-corrected chi connectivity index (χ3v) is 3.77. The minimum atomic E-state index is -4.94. The lowest BCUT2D eigenvalue weighted by Gasteiger charge is -2.17. The highest BCUT2D eigenvalue weighted by molar-refractivity contribution is 5.96. The van der Waals surface area contributed by atoms with Gasteiger partial charge < -0.3 is 5.32 Å². The summed E-state index contributed by atoms with van der Waals surface area (Å²) in [4.78, 5) is 15.1. The summed E-state index contributed by atoms with van der Waals surface area (Å²) in [5, 5.41) is 2.67. The lowest BCUT2D eigenvalue weighted by Crippen LogP contribution is -2.68. The van der Waals surface area contributed by atoms with Gasteiger partial charge >= 0.3 is 23.6 Å². The van der Waals surface area contributed by atoms with E-state index in [-0.39, 0.29) is 5.91 Å². The maximum Gasteiger partial charge on any atom is 0.407 e. The van der Waals surface area contributed by atoms with Gasteiger partial charge in [-0.15, -0.1) is 24.9 Å². The molecule has 0 aliphatic rings. The van der Waals surface area contributed by atoms with Crippen LogP contribution in [0.25, 0.3) is 16.9 Å². The third kappa shape index (κ3) is 9.07. The fraction of sp³-hybridized carbons (Fsp3) is 0.188. The first-order chi connectivity index (χ1) is 14.1. The van der Waals surface area contributed by atoms with E-state index in [0.717, 1.165) is 22.6 Å². The lowest BCUT2D eigenvalue weighted by molar-refractivity contribution is -2.00. The molecule has 0 aliphatic heterocycles. The maximum absolute atomic E-state index is 12.0. The Hall–Kier alpha value is -2.43. The van der Waals surface area contributed by atoms with Crippen molar-refractivity contribution in [2.75, 3.05) is 7.05 Å². The van der Waals surface area contributed by atoms with Gasteiger partial charge in [-0.25, -0.2) is 42.3 Å². The summed E-state index contributed by atoms with van der Waals surface area (Å²) in [6.45, 7) is 2.03. The van der Waals surface area contributed by atoms with E-state index in [1.54, 1.807) is 7.05 Å². The second-order valence-electron chi connectivity index (χ2n) is 5.77.